The number of aliphatic hydroxyl groups excluding tert-OH is 1. The second-order valence-electron chi connectivity index (χ2n) is 4.90. The first-order valence-corrected chi connectivity index (χ1v) is 6.08. The summed E-state index contributed by atoms with van der Waals surface area (Å²) in [6.45, 7) is 7.23. The Balaban J connectivity index is 2.79. The first kappa shape index (κ1) is 14.3. The molecule has 0 heterocycles. The molecule has 3 nitrogen and oxygen atoms in total. The molecular weight excluding hydrogens is 238 g/mol. The zero-order valence-electron chi connectivity index (χ0n) is 10.6. The highest BCUT2D eigenvalue weighted by atomic mass is 35.5. The van der Waals surface area contributed by atoms with Crippen molar-refractivity contribution in [2.75, 3.05) is 13.2 Å². The van der Waals surface area contributed by atoms with E-state index in [4.69, 9.17) is 21.4 Å². The van der Waals surface area contributed by atoms with Gasteiger partial charge in [0.2, 0.25) is 0 Å². The molecule has 1 rings (SSSR count). The average Bonchev–Trinajstić information content (AvgIpc) is 2.24. The minimum Gasteiger partial charge on any atom is -0.489 e. The fourth-order valence-electron chi connectivity index (χ4n) is 1.36. The normalized spacial score (nSPS) is 11.6. The summed E-state index contributed by atoms with van der Waals surface area (Å²) in [5, 5.41) is 12.7. The Bertz CT molecular complexity index is 361. The lowest BCUT2D eigenvalue weighted by Crippen LogP contribution is -2.35. The molecule has 0 aliphatic rings. The Kier molecular flexibility index (Phi) is 5.25. The predicted molar refractivity (Wildman–Crippen MR) is 70.6 cm³/mol. The van der Waals surface area contributed by atoms with E-state index in [1.807, 2.05) is 12.1 Å². The number of para-hydroxylation sites is 1. The molecule has 0 amide bonds. The van der Waals surface area contributed by atoms with Gasteiger partial charge in [-0.15, -0.1) is 0 Å². The summed E-state index contributed by atoms with van der Waals surface area (Å²) in [4.78, 5) is 0. The molecule has 17 heavy (non-hydrogen) atoms. The molecular formula is C13H20ClNO2. The maximum Gasteiger partial charge on any atom is 0.142 e. The number of aliphatic hydroxyl groups is 1. The van der Waals surface area contributed by atoms with Gasteiger partial charge in [-0.1, -0.05) is 23.7 Å². The fourth-order valence-corrected chi connectivity index (χ4v) is 1.61. The topological polar surface area (TPSA) is 41.5 Å². The van der Waals surface area contributed by atoms with E-state index in [0.717, 1.165) is 5.56 Å². The van der Waals surface area contributed by atoms with Crippen molar-refractivity contribution in [1.29, 1.82) is 0 Å². The third-order valence-corrected chi connectivity index (χ3v) is 2.49. The van der Waals surface area contributed by atoms with Gasteiger partial charge >= 0.3 is 0 Å². The van der Waals surface area contributed by atoms with E-state index in [-0.39, 0.29) is 18.8 Å². The number of halogens is 1. The smallest absolute Gasteiger partial charge is 0.142 e. The molecule has 4 heteroatoms. The van der Waals surface area contributed by atoms with Crippen LogP contribution in [-0.4, -0.2) is 23.9 Å². The molecule has 96 valence electrons. The zero-order valence-corrected chi connectivity index (χ0v) is 11.3. The molecule has 0 saturated carbocycles. The molecule has 0 radical (unpaired) electrons. The third kappa shape index (κ3) is 4.94. The first-order valence-electron chi connectivity index (χ1n) is 5.70. The van der Waals surface area contributed by atoms with Gasteiger partial charge in [-0.2, -0.15) is 0 Å². The second kappa shape index (κ2) is 6.24. The molecule has 1 aromatic rings. The van der Waals surface area contributed by atoms with Crippen LogP contribution < -0.4 is 10.1 Å². The van der Waals surface area contributed by atoms with Crippen molar-refractivity contribution in [3.63, 3.8) is 0 Å². The van der Waals surface area contributed by atoms with E-state index >= 15 is 0 Å². The number of hydrogen-bond acceptors (Lipinski definition) is 3. The number of nitrogens with one attached hydrogen (secondary N) is 1. The van der Waals surface area contributed by atoms with Crippen LogP contribution in [0.3, 0.4) is 0 Å². The molecule has 0 fully saturated rings. The van der Waals surface area contributed by atoms with Gasteiger partial charge in [-0.05, 0) is 26.8 Å². The van der Waals surface area contributed by atoms with Crippen molar-refractivity contribution in [3.8, 4) is 5.75 Å². The lowest BCUT2D eigenvalue weighted by Gasteiger charge is -2.22. The average molecular weight is 258 g/mol. The molecule has 0 aliphatic carbocycles. The summed E-state index contributed by atoms with van der Waals surface area (Å²) in [7, 11) is 0. The van der Waals surface area contributed by atoms with E-state index in [1.165, 1.54) is 0 Å². The largest absolute Gasteiger partial charge is 0.489 e. The number of benzene rings is 1. The van der Waals surface area contributed by atoms with Crippen LogP contribution in [0.25, 0.3) is 0 Å². The van der Waals surface area contributed by atoms with Crippen molar-refractivity contribution < 1.29 is 9.84 Å². The Morgan fingerprint density at radius 2 is 2.06 bits per heavy atom. The molecule has 0 unspecified atom stereocenters. The van der Waals surface area contributed by atoms with Crippen LogP contribution in [0, 0.1) is 0 Å². The third-order valence-electron chi connectivity index (χ3n) is 2.20. The van der Waals surface area contributed by atoms with Crippen LogP contribution in [0.5, 0.6) is 5.75 Å². The molecule has 0 aliphatic heterocycles. The van der Waals surface area contributed by atoms with Crippen LogP contribution in [-0.2, 0) is 6.54 Å². The molecule has 1 aromatic carbocycles. The SMILES string of the molecule is CC(C)(C)NCc1cccc(Cl)c1OCCO. The van der Waals surface area contributed by atoms with Gasteiger partial charge in [0, 0.05) is 17.6 Å². The van der Waals surface area contributed by atoms with Crippen molar-refractivity contribution in [2.24, 2.45) is 0 Å². The highest BCUT2D eigenvalue weighted by Crippen LogP contribution is 2.28. The van der Waals surface area contributed by atoms with Gasteiger partial charge in [0.1, 0.15) is 12.4 Å². The molecule has 0 spiro atoms. The number of ether oxygens (including phenoxy) is 1. The van der Waals surface area contributed by atoms with E-state index in [0.29, 0.717) is 17.3 Å². The quantitative estimate of drug-likeness (QED) is 0.852. The number of rotatable bonds is 5. The van der Waals surface area contributed by atoms with Crippen LogP contribution in [0.15, 0.2) is 18.2 Å². The van der Waals surface area contributed by atoms with Gasteiger partial charge in [0.05, 0.1) is 11.6 Å². The van der Waals surface area contributed by atoms with Crippen molar-refractivity contribution in [1.82, 2.24) is 5.32 Å². The van der Waals surface area contributed by atoms with Gasteiger partial charge in [0.15, 0.2) is 0 Å². The van der Waals surface area contributed by atoms with Crippen LogP contribution in [0.4, 0.5) is 0 Å². The second-order valence-corrected chi connectivity index (χ2v) is 5.31. The lowest BCUT2D eigenvalue weighted by molar-refractivity contribution is 0.200. The Morgan fingerprint density at radius 3 is 2.65 bits per heavy atom. The van der Waals surface area contributed by atoms with Crippen LogP contribution >= 0.6 is 11.6 Å². The Labute approximate surface area is 108 Å². The molecule has 0 saturated heterocycles. The van der Waals surface area contributed by atoms with Gasteiger partial charge in [-0.25, -0.2) is 0 Å². The predicted octanol–water partition coefficient (Wildman–Crippen LogP) is 2.60. The summed E-state index contributed by atoms with van der Waals surface area (Å²) in [6.07, 6.45) is 0. The lowest BCUT2D eigenvalue weighted by atomic mass is 10.1. The summed E-state index contributed by atoms with van der Waals surface area (Å²) >= 11 is 6.08. The molecule has 0 bridgehead atoms. The van der Waals surface area contributed by atoms with Crippen LogP contribution in [0.1, 0.15) is 26.3 Å². The minimum absolute atomic E-state index is 0.0165. The van der Waals surface area contributed by atoms with Crippen LogP contribution in [0.2, 0.25) is 5.02 Å². The van der Waals surface area contributed by atoms with E-state index < -0.39 is 0 Å². The van der Waals surface area contributed by atoms with E-state index in [1.54, 1.807) is 6.07 Å². The maximum absolute atomic E-state index is 8.78. The van der Waals surface area contributed by atoms with Gasteiger partial charge < -0.3 is 15.2 Å². The monoisotopic (exact) mass is 257 g/mol. The highest BCUT2D eigenvalue weighted by Gasteiger charge is 2.12. The van der Waals surface area contributed by atoms with Gasteiger partial charge in [-0.3, -0.25) is 0 Å². The van der Waals surface area contributed by atoms with Crippen molar-refractivity contribution in [2.45, 2.75) is 32.9 Å². The minimum atomic E-state index is -0.0165. The Hall–Kier alpha value is -0.770. The first-order chi connectivity index (χ1) is 7.94. The summed E-state index contributed by atoms with van der Waals surface area (Å²) in [5.74, 6) is 0.653. The zero-order chi connectivity index (χ0) is 12.9. The molecule has 0 atom stereocenters. The van der Waals surface area contributed by atoms with Crippen molar-refractivity contribution >= 4 is 11.6 Å². The van der Waals surface area contributed by atoms with Crippen molar-refractivity contribution in [3.05, 3.63) is 28.8 Å². The summed E-state index contributed by atoms with van der Waals surface area (Å²) in [5.41, 5.74) is 1.04. The standard InChI is InChI=1S/C13H20ClNO2/c1-13(2,3)15-9-10-5-4-6-11(14)12(10)17-8-7-16/h4-6,15-16H,7-9H2,1-3H3. The van der Waals surface area contributed by atoms with E-state index in [9.17, 15) is 0 Å². The van der Waals surface area contributed by atoms with Gasteiger partial charge in [0.25, 0.3) is 0 Å². The fraction of sp³-hybridized carbons (Fsp3) is 0.538. The summed E-state index contributed by atoms with van der Waals surface area (Å²) < 4.78 is 5.46. The highest BCUT2D eigenvalue weighted by molar-refractivity contribution is 6.32. The maximum atomic E-state index is 8.78. The molecule has 0 aromatic heterocycles. The molecule has 2 N–H and O–H groups in total. The Morgan fingerprint density at radius 1 is 1.35 bits per heavy atom. The summed E-state index contributed by atoms with van der Waals surface area (Å²) in [6, 6.07) is 5.65. The van der Waals surface area contributed by atoms with E-state index in [2.05, 4.69) is 26.1 Å². The number of hydrogen-bond donors (Lipinski definition) is 2.